The highest BCUT2D eigenvalue weighted by Crippen LogP contribution is 2.34. The molecule has 0 radical (unpaired) electrons. The molecule has 1 fully saturated rings. The lowest BCUT2D eigenvalue weighted by Crippen LogP contribution is -2.41. The zero-order valence-corrected chi connectivity index (χ0v) is 11.4. The fourth-order valence-electron chi connectivity index (χ4n) is 2.64. The van der Waals surface area contributed by atoms with E-state index in [1.165, 1.54) is 0 Å². The van der Waals surface area contributed by atoms with Crippen LogP contribution >= 0.6 is 11.8 Å². The number of thioether (sulfide) groups is 1. The average Bonchev–Trinajstić information content (AvgIpc) is 2.92. The van der Waals surface area contributed by atoms with Crippen LogP contribution in [0.15, 0.2) is 36.4 Å². The van der Waals surface area contributed by atoms with Gasteiger partial charge < -0.3 is 9.64 Å². The monoisotopic (exact) mass is 285 g/mol. The maximum Gasteiger partial charge on any atom is 0.335 e. The van der Waals surface area contributed by atoms with E-state index >= 15 is 0 Å². The molecule has 0 aromatic heterocycles. The first kappa shape index (κ1) is 11.8. The van der Waals surface area contributed by atoms with Crippen molar-refractivity contribution >= 4 is 34.4 Å². The number of hydrogen-bond acceptors (Lipinski definition) is 4. The Morgan fingerprint density at radius 3 is 2.70 bits per heavy atom. The zero-order valence-electron chi connectivity index (χ0n) is 10.5. The normalized spacial score (nSPS) is 21.4. The summed E-state index contributed by atoms with van der Waals surface area (Å²) in [6, 6.07) is 10.9. The molecule has 4 nitrogen and oxygen atoms in total. The maximum absolute atomic E-state index is 12.6. The van der Waals surface area contributed by atoms with E-state index in [2.05, 4.69) is 0 Å². The lowest BCUT2D eigenvalue weighted by molar-refractivity contribution is -0.137. The number of carbonyl (C=O) groups is 2. The largest absolute Gasteiger partial charge is 0.424 e. The first-order valence-corrected chi connectivity index (χ1v) is 7.53. The second kappa shape index (κ2) is 4.24. The molecule has 2 heterocycles. The van der Waals surface area contributed by atoms with Crippen molar-refractivity contribution in [3.8, 4) is 5.75 Å². The fraction of sp³-hybridized carbons (Fsp3) is 0.200. The molecule has 20 heavy (non-hydrogen) atoms. The van der Waals surface area contributed by atoms with E-state index in [9.17, 15) is 9.59 Å². The van der Waals surface area contributed by atoms with E-state index in [0.29, 0.717) is 22.9 Å². The molecule has 100 valence electrons. The van der Waals surface area contributed by atoms with Crippen molar-refractivity contribution in [2.24, 2.45) is 0 Å². The van der Waals surface area contributed by atoms with Gasteiger partial charge in [-0.3, -0.25) is 4.79 Å². The second-order valence-corrected chi connectivity index (χ2v) is 5.91. The van der Waals surface area contributed by atoms with Crippen LogP contribution in [0.2, 0.25) is 0 Å². The van der Waals surface area contributed by atoms with Crippen molar-refractivity contribution in [1.82, 2.24) is 4.90 Å². The van der Waals surface area contributed by atoms with Gasteiger partial charge in [-0.1, -0.05) is 24.3 Å². The van der Waals surface area contributed by atoms with E-state index in [0.717, 1.165) is 10.8 Å². The minimum Gasteiger partial charge on any atom is -0.424 e. The molecule has 5 heteroatoms. The summed E-state index contributed by atoms with van der Waals surface area (Å²) in [5.41, 5.74) is 0.474. The van der Waals surface area contributed by atoms with Gasteiger partial charge in [0.25, 0.3) is 5.91 Å². The number of hydrogen-bond donors (Lipinski definition) is 0. The molecule has 1 saturated heterocycles. The number of fused-ring (bicyclic) bond motifs is 3. The molecule has 0 bridgehead atoms. The summed E-state index contributed by atoms with van der Waals surface area (Å²) in [4.78, 5) is 26.3. The minimum absolute atomic E-state index is 0.119. The number of esters is 1. The molecule has 1 amide bonds. The van der Waals surface area contributed by atoms with E-state index in [1.807, 2.05) is 30.3 Å². The summed E-state index contributed by atoms with van der Waals surface area (Å²) in [5, 5.41) is 1.93. The zero-order chi connectivity index (χ0) is 13.7. The minimum atomic E-state index is -0.456. The number of nitrogens with zero attached hydrogens (tertiary/aromatic N) is 1. The van der Waals surface area contributed by atoms with Gasteiger partial charge in [0.1, 0.15) is 11.8 Å². The Kier molecular flexibility index (Phi) is 2.50. The first-order valence-electron chi connectivity index (χ1n) is 6.37. The SMILES string of the molecule is O=C1Oc2cc3ccccc3cc2C(=O)N2CSCC12. The Balaban J connectivity index is 1.94. The van der Waals surface area contributed by atoms with Crippen molar-refractivity contribution in [3.05, 3.63) is 42.0 Å². The number of rotatable bonds is 0. The Labute approximate surface area is 119 Å². The average molecular weight is 285 g/mol. The van der Waals surface area contributed by atoms with Crippen LogP contribution in [-0.2, 0) is 4.79 Å². The van der Waals surface area contributed by atoms with Crippen LogP contribution in [0.1, 0.15) is 10.4 Å². The predicted octanol–water partition coefficient (Wildman–Crippen LogP) is 2.27. The lowest BCUT2D eigenvalue weighted by atomic mass is 10.1. The van der Waals surface area contributed by atoms with Crippen LogP contribution in [-0.4, -0.2) is 34.4 Å². The van der Waals surface area contributed by atoms with Crippen molar-refractivity contribution < 1.29 is 14.3 Å². The van der Waals surface area contributed by atoms with Crippen LogP contribution in [0.25, 0.3) is 10.8 Å². The summed E-state index contributed by atoms with van der Waals surface area (Å²) < 4.78 is 5.43. The van der Waals surface area contributed by atoms with E-state index in [-0.39, 0.29) is 11.9 Å². The molecule has 2 aromatic rings. The number of amides is 1. The Morgan fingerprint density at radius 1 is 1.15 bits per heavy atom. The molecule has 2 aliphatic heterocycles. The smallest absolute Gasteiger partial charge is 0.335 e. The summed E-state index contributed by atoms with van der Waals surface area (Å²) in [7, 11) is 0. The van der Waals surface area contributed by atoms with Crippen LogP contribution in [0, 0.1) is 0 Å². The molecule has 0 saturated carbocycles. The third-order valence-corrected chi connectivity index (χ3v) is 4.72. The van der Waals surface area contributed by atoms with Gasteiger partial charge in [-0.05, 0) is 22.9 Å². The first-order chi connectivity index (χ1) is 9.74. The lowest BCUT2D eigenvalue weighted by Gasteiger charge is -2.17. The van der Waals surface area contributed by atoms with Crippen LogP contribution in [0.5, 0.6) is 5.75 Å². The predicted molar refractivity (Wildman–Crippen MR) is 76.9 cm³/mol. The van der Waals surface area contributed by atoms with Gasteiger partial charge in [0.05, 0.1) is 11.4 Å². The van der Waals surface area contributed by atoms with Gasteiger partial charge >= 0.3 is 5.97 Å². The quantitative estimate of drug-likeness (QED) is 0.550. The van der Waals surface area contributed by atoms with Gasteiger partial charge in [-0.15, -0.1) is 11.8 Å². The number of ether oxygens (including phenoxy) is 1. The van der Waals surface area contributed by atoms with Crippen LogP contribution < -0.4 is 4.74 Å². The van der Waals surface area contributed by atoms with Gasteiger partial charge in [-0.25, -0.2) is 4.79 Å². The second-order valence-electron chi connectivity index (χ2n) is 4.91. The highest BCUT2D eigenvalue weighted by atomic mass is 32.2. The third kappa shape index (κ3) is 1.63. The summed E-state index contributed by atoms with van der Waals surface area (Å²) in [5.74, 6) is 1.07. The highest BCUT2D eigenvalue weighted by molar-refractivity contribution is 7.99. The molecule has 1 unspecified atom stereocenters. The molecule has 1 atom stereocenters. The van der Waals surface area contributed by atoms with Gasteiger partial charge in [0, 0.05) is 5.75 Å². The molecule has 0 aliphatic carbocycles. The van der Waals surface area contributed by atoms with Gasteiger partial charge in [-0.2, -0.15) is 0 Å². The molecular formula is C15H11NO3S. The van der Waals surface area contributed by atoms with Crippen LogP contribution in [0.4, 0.5) is 0 Å². The van der Waals surface area contributed by atoms with Crippen molar-refractivity contribution in [2.45, 2.75) is 6.04 Å². The number of benzene rings is 2. The van der Waals surface area contributed by atoms with Gasteiger partial charge in [0.15, 0.2) is 0 Å². The third-order valence-electron chi connectivity index (χ3n) is 3.70. The molecule has 2 aromatic carbocycles. The van der Waals surface area contributed by atoms with Gasteiger partial charge in [0.2, 0.25) is 0 Å². The Morgan fingerprint density at radius 2 is 1.90 bits per heavy atom. The Bertz CT molecular complexity index is 743. The fourth-order valence-corrected chi connectivity index (χ4v) is 3.78. The van der Waals surface area contributed by atoms with E-state index < -0.39 is 6.04 Å². The van der Waals surface area contributed by atoms with Crippen molar-refractivity contribution in [3.63, 3.8) is 0 Å². The molecule has 0 N–H and O–H groups in total. The summed E-state index contributed by atoms with van der Waals surface area (Å²) >= 11 is 1.58. The molecule has 2 aliphatic rings. The van der Waals surface area contributed by atoms with Crippen molar-refractivity contribution in [1.29, 1.82) is 0 Å². The van der Waals surface area contributed by atoms with E-state index in [1.54, 1.807) is 22.7 Å². The summed E-state index contributed by atoms with van der Waals surface area (Å²) in [6.45, 7) is 0. The van der Waals surface area contributed by atoms with Crippen molar-refractivity contribution in [2.75, 3.05) is 11.6 Å². The highest BCUT2D eigenvalue weighted by Gasteiger charge is 2.40. The summed E-state index contributed by atoms with van der Waals surface area (Å²) in [6.07, 6.45) is 0. The topological polar surface area (TPSA) is 46.6 Å². The Hall–Kier alpha value is -2.01. The molecular weight excluding hydrogens is 274 g/mol. The maximum atomic E-state index is 12.6. The number of carbonyl (C=O) groups excluding carboxylic acids is 2. The van der Waals surface area contributed by atoms with Crippen LogP contribution in [0.3, 0.4) is 0 Å². The van der Waals surface area contributed by atoms with E-state index in [4.69, 9.17) is 4.74 Å². The standard InChI is InChI=1S/C15H11NO3S/c17-14-11-5-9-3-1-2-4-10(9)6-13(11)19-15(18)12-7-20-8-16(12)14/h1-6,12H,7-8H2. The molecule has 4 rings (SSSR count). The molecule has 0 spiro atoms.